The Balaban J connectivity index is 1.91. The van der Waals surface area contributed by atoms with Crippen molar-refractivity contribution >= 4 is 11.6 Å². The van der Waals surface area contributed by atoms with E-state index in [1.807, 2.05) is 6.92 Å². The molecule has 1 aliphatic heterocycles. The summed E-state index contributed by atoms with van der Waals surface area (Å²) in [5, 5.41) is 5.76. The van der Waals surface area contributed by atoms with Gasteiger partial charge in [-0.25, -0.2) is 13.8 Å². The van der Waals surface area contributed by atoms with E-state index < -0.39 is 11.6 Å². The van der Waals surface area contributed by atoms with Crippen LogP contribution in [0.4, 0.5) is 20.4 Å². The summed E-state index contributed by atoms with van der Waals surface area (Å²) in [6.45, 7) is 3.94. The molecule has 2 N–H and O–H groups in total. The third kappa shape index (κ3) is 4.03. The first-order valence-electron chi connectivity index (χ1n) is 7.16. The number of anilines is 2. The minimum atomic E-state index is -0.670. The molecule has 1 aromatic rings. The molecule has 112 valence electrons. The van der Waals surface area contributed by atoms with Crippen molar-refractivity contribution in [2.75, 3.05) is 30.3 Å². The van der Waals surface area contributed by atoms with Gasteiger partial charge in [0.05, 0.1) is 6.10 Å². The number of rotatable bonds is 7. The molecule has 0 bridgehead atoms. The van der Waals surface area contributed by atoms with Crippen molar-refractivity contribution in [3.8, 4) is 0 Å². The van der Waals surface area contributed by atoms with Gasteiger partial charge in [0.15, 0.2) is 23.3 Å². The van der Waals surface area contributed by atoms with Crippen molar-refractivity contribution in [3.05, 3.63) is 17.7 Å². The molecule has 0 radical (unpaired) electrons. The first kappa shape index (κ1) is 15.0. The van der Waals surface area contributed by atoms with Crippen LogP contribution in [-0.2, 0) is 4.74 Å². The largest absolute Gasteiger partial charge is 0.378 e. The van der Waals surface area contributed by atoms with E-state index in [0.29, 0.717) is 13.1 Å². The third-order valence-corrected chi connectivity index (χ3v) is 3.25. The summed E-state index contributed by atoms with van der Waals surface area (Å²) in [6.07, 6.45) is 4.02. The number of aromatic nitrogens is 1. The first-order chi connectivity index (χ1) is 9.70. The topological polar surface area (TPSA) is 46.2 Å². The van der Waals surface area contributed by atoms with Gasteiger partial charge in [-0.05, 0) is 25.7 Å². The highest BCUT2D eigenvalue weighted by molar-refractivity contribution is 5.47. The summed E-state index contributed by atoms with van der Waals surface area (Å²) >= 11 is 0. The van der Waals surface area contributed by atoms with Crippen LogP contribution in [-0.4, -0.2) is 30.8 Å². The molecule has 1 saturated heterocycles. The van der Waals surface area contributed by atoms with E-state index in [4.69, 9.17) is 4.74 Å². The minimum Gasteiger partial charge on any atom is -0.378 e. The van der Waals surface area contributed by atoms with Gasteiger partial charge in [-0.15, -0.1) is 0 Å². The number of halogens is 2. The number of hydrogen-bond donors (Lipinski definition) is 2. The number of hydrogen-bond acceptors (Lipinski definition) is 4. The zero-order chi connectivity index (χ0) is 14.4. The summed E-state index contributed by atoms with van der Waals surface area (Å²) in [5.74, 6) is -1.16. The Morgan fingerprint density at radius 2 is 1.95 bits per heavy atom. The van der Waals surface area contributed by atoms with E-state index in [9.17, 15) is 8.78 Å². The van der Waals surface area contributed by atoms with E-state index in [0.717, 1.165) is 38.4 Å². The fourth-order valence-corrected chi connectivity index (χ4v) is 2.18. The van der Waals surface area contributed by atoms with Gasteiger partial charge in [0, 0.05) is 25.8 Å². The maximum absolute atomic E-state index is 13.6. The van der Waals surface area contributed by atoms with Crippen LogP contribution in [0.1, 0.15) is 32.6 Å². The quantitative estimate of drug-likeness (QED) is 0.808. The summed E-state index contributed by atoms with van der Waals surface area (Å²) in [7, 11) is 0. The van der Waals surface area contributed by atoms with Crippen molar-refractivity contribution in [1.29, 1.82) is 0 Å². The lowest BCUT2D eigenvalue weighted by atomic mass is 10.2. The molecule has 2 rings (SSSR count). The van der Waals surface area contributed by atoms with E-state index in [-0.39, 0.29) is 17.7 Å². The number of pyridine rings is 1. The van der Waals surface area contributed by atoms with Crippen molar-refractivity contribution in [3.63, 3.8) is 0 Å². The molecule has 0 saturated carbocycles. The lowest BCUT2D eigenvalue weighted by Crippen LogP contribution is -2.15. The molecule has 1 fully saturated rings. The number of nitrogens with one attached hydrogen (secondary N) is 2. The van der Waals surface area contributed by atoms with Gasteiger partial charge in [-0.3, -0.25) is 0 Å². The summed E-state index contributed by atoms with van der Waals surface area (Å²) in [4.78, 5) is 3.96. The SMILES string of the molecule is CCCNc1nc(NCCC2CCCO2)c(F)cc1F. The summed E-state index contributed by atoms with van der Waals surface area (Å²) in [5.41, 5.74) is 0. The number of ether oxygens (including phenoxy) is 1. The van der Waals surface area contributed by atoms with Crippen LogP contribution in [0.2, 0.25) is 0 Å². The summed E-state index contributed by atoms with van der Waals surface area (Å²) < 4.78 is 32.6. The van der Waals surface area contributed by atoms with Crippen LogP contribution in [0.5, 0.6) is 0 Å². The molecule has 1 aromatic heterocycles. The Hall–Kier alpha value is -1.43. The monoisotopic (exact) mass is 285 g/mol. The third-order valence-electron chi connectivity index (χ3n) is 3.25. The van der Waals surface area contributed by atoms with Crippen molar-refractivity contribution in [2.45, 2.75) is 38.7 Å². The molecule has 0 aliphatic carbocycles. The van der Waals surface area contributed by atoms with Crippen molar-refractivity contribution < 1.29 is 13.5 Å². The molecule has 1 unspecified atom stereocenters. The second kappa shape index (κ2) is 7.38. The average molecular weight is 285 g/mol. The van der Waals surface area contributed by atoms with Gasteiger partial charge in [0.2, 0.25) is 0 Å². The molecule has 4 nitrogen and oxygen atoms in total. The molecule has 1 aliphatic rings. The highest BCUT2D eigenvalue weighted by atomic mass is 19.1. The van der Waals surface area contributed by atoms with Gasteiger partial charge < -0.3 is 15.4 Å². The fraction of sp³-hybridized carbons (Fsp3) is 0.643. The van der Waals surface area contributed by atoms with E-state index in [1.54, 1.807) is 0 Å². The molecule has 6 heteroatoms. The molecule has 0 aromatic carbocycles. The average Bonchev–Trinajstić information content (AvgIpc) is 2.93. The molecule has 2 heterocycles. The van der Waals surface area contributed by atoms with E-state index >= 15 is 0 Å². The zero-order valence-electron chi connectivity index (χ0n) is 11.7. The van der Waals surface area contributed by atoms with Gasteiger partial charge in [0.1, 0.15) is 0 Å². The highest BCUT2D eigenvalue weighted by Crippen LogP contribution is 2.20. The second-order valence-corrected chi connectivity index (χ2v) is 4.93. The lowest BCUT2D eigenvalue weighted by Gasteiger charge is -2.12. The predicted molar refractivity (Wildman–Crippen MR) is 75.0 cm³/mol. The maximum atomic E-state index is 13.6. The summed E-state index contributed by atoms with van der Waals surface area (Å²) in [6, 6.07) is 0.861. The first-order valence-corrected chi connectivity index (χ1v) is 7.16. The molecule has 20 heavy (non-hydrogen) atoms. The molecule has 1 atom stereocenters. The maximum Gasteiger partial charge on any atom is 0.168 e. The smallest absolute Gasteiger partial charge is 0.168 e. The van der Waals surface area contributed by atoms with Crippen LogP contribution in [0.15, 0.2) is 6.07 Å². The lowest BCUT2D eigenvalue weighted by molar-refractivity contribution is 0.107. The Morgan fingerprint density at radius 3 is 2.55 bits per heavy atom. The van der Waals surface area contributed by atoms with E-state index in [2.05, 4.69) is 15.6 Å². The van der Waals surface area contributed by atoms with Crippen LogP contribution in [0, 0.1) is 11.6 Å². The Morgan fingerprint density at radius 1 is 1.25 bits per heavy atom. The molecule has 0 amide bonds. The minimum absolute atomic E-state index is 0.0861. The highest BCUT2D eigenvalue weighted by Gasteiger charge is 2.16. The Labute approximate surface area is 117 Å². The standard InChI is InChI=1S/C14H21F2N3O/c1-2-6-17-13-11(15)9-12(16)14(19-13)18-7-5-10-4-3-8-20-10/h9-10H,2-8H2,1H3,(H2,17,18,19). The Bertz CT molecular complexity index is 437. The van der Waals surface area contributed by atoms with Crippen LogP contribution >= 0.6 is 0 Å². The van der Waals surface area contributed by atoms with Crippen molar-refractivity contribution in [2.24, 2.45) is 0 Å². The van der Waals surface area contributed by atoms with Gasteiger partial charge in [-0.2, -0.15) is 0 Å². The second-order valence-electron chi connectivity index (χ2n) is 4.93. The predicted octanol–water partition coefficient (Wildman–Crippen LogP) is 3.16. The van der Waals surface area contributed by atoms with E-state index in [1.165, 1.54) is 0 Å². The zero-order valence-corrected chi connectivity index (χ0v) is 11.7. The Kier molecular flexibility index (Phi) is 5.52. The van der Waals surface area contributed by atoms with Crippen LogP contribution in [0.25, 0.3) is 0 Å². The number of nitrogens with zero attached hydrogens (tertiary/aromatic N) is 1. The van der Waals surface area contributed by atoms with Gasteiger partial charge in [-0.1, -0.05) is 6.92 Å². The molecular formula is C14H21F2N3O. The molecular weight excluding hydrogens is 264 g/mol. The van der Waals surface area contributed by atoms with Crippen molar-refractivity contribution in [1.82, 2.24) is 4.98 Å². The van der Waals surface area contributed by atoms with Crippen LogP contribution in [0.3, 0.4) is 0 Å². The van der Waals surface area contributed by atoms with Crippen LogP contribution < -0.4 is 10.6 Å². The fourth-order valence-electron chi connectivity index (χ4n) is 2.18. The van der Waals surface area contributed by atoms with Gasteiger partial charge in [0.25, 0.3) is 0 Å². The normalized spacial score (nSPS) is 18.2. The molecule has 0 spiro atoms. The van der Waals surface area contributed by atoms with Gasteiger partial charge >= 0.3 is 0 Å².